The molecule has 1 saturated heterocycles. The van der Waals surface area contributed by atoms with Crippen LogP contribution in [0.15, 0.2) is 41.3 Å². The Balaban J connectivity index is 1.68. The van der Waals surface area contributed by atoms with Crippen molar-refractivity contribution in [3.05, 3.63) is 51.8 Å². The van der Waals surface area contributed by atoms with Crippen LogP contribution in [-0.2, 0) is 28.4 Å². The number of hydrogen-bond donors (Lipinski definition) is 1. The number of benzene rings is 1. The summed E-state index contributed by atoms with van der Waals surface area (Å²) in [4.78, 5) is 27.7. The van der Waals surface area contributed by atoms with Gasteiger partial charge in [-0.3, -0.25) is 14.5 Å². The smallest absolute Gasteiger partial charge is 0.259 e. The third kappa shape index (κ3) is 5.03. The number of sulfonamides is 1. The second-order valence-electron chi connectivity index (χ2n) is 8.62. The maximum absolute atomic E-state index is 12.9. The van der Waals surface area contributed by atoms with E-state index in [-0.39, 0.29) is 17.5 Å². The van der Waals surface area contributed by atoms with Crippen molar-refractivity contribution in [2.75, 3.05) is 31.2 Å². The van der Waals surface area contributed by atoms with E-state index in [2.05, 4.69) is 10.2 Å². The standard InChI is InChI=1S/C23H28N4O4S2/c1-15-12-27(33(4,30)31)9-8-26(15)13-19-11-20-22(32-19)21(14-25(3)23(20)29)17-6-5-7-18(10-17)24-16(2)28/h5-7,10-11,14-15H,8-9,12-13H2,1-4H3,(H,24,28). The summed E-state index contributed by atoms with van der Waals surface area (Å²) in [5.41, 5.74) is 2.51. The van der Waals surface area contributed by atoms with Crippen LogP contribution in [0.3, 0.4) is 0 Å². The van der Waals surface area contributed by atoms with Gasteiger partial charge in [0.2, 0.25) is 15.9 Å². The van der Waals surface area contributed by atoms with Gasteiger partial charge in [0.25, 0.3) is 5.56 Å². The van der Waals surface area contributed by atoms with Gasteiger partial charge in [-0.2, -0.15) is 4.31 Å². The number of nitrogens with zero attached hydrogens (tertiary/aromatic N) is 3. The summed E-state index contributed by atoms with van der Waals surface area (Å²) in [6.07, 6.45) is 3.09. The van der Waals surface area contributed by atoms with Gasteiger partial charge >= 0.3 is 0 Å². The van der Waals surface area contributed by atoms with E-state index in [4.69, 9.17) is 0 Å². The molecule has 0 radical (unpaired) electrons. The second-order valence-corrected chi connectivity index (χ2v) is 11.7. The molecule has 2 aromatic heterocycles. The summed E-state index contributed by atoms with van der Waals surface area (Å²) < 4.78 is 27.8. The molecule has 176 valence electrons. The van der Waals surface area contributed by atoms with Gasteiger partial charge in [0.15, 0.2) is 0 Å². The average Bonchev–Trinajstić information content (AvgIpc) is 3.15. The number of pyridine rings is 1. The number of carbonyl (C=O) groups is 1. The number of fused-ring (bicyclic) bond motifs is 1. The largest absolute Gasteiger partial charge is 0.326 e. The highest BCUT2D eigenvalue weighted by atomic mass is 32.2. The fourth-order valence-corrected chi connectivity index (χ4v) is 6.36. The third-order valence-corrected chi connectivity index (χ3v) is 8.37. The van der Waals surface area contributed by atoms with Crippen molar-refractivity contribution in [1.29, 1.82) is 0 Å². The van der Waals surface area contributed by atoms with Crippen LogP contribution in [0, 0.1) is 0 Å². The van der Waals surface area contributed by atoms with Crippen LogP contribution < -0.4 is 10.9 Å². The molecule has 1 aliphatic rings. The van der Waals surface area contributed by atoms with E-state index in [1.165, 1.54) is 17.5 Å². The Bertz CT molecular complexity index is 1380. The van der Waals surface area contributed by atoms with E-state index in [1.54, 1.807) is 23.0 Å². The third-order valence-electron chi connectivity index (χ3n) is 5.95. The summed E-state index contributed by atoms with van der Waals surface area (Å²) in [6, 6.07) is 9.63. The topological polar surface area (TPSA) is 91.7 Å². The van der Waals surface area contributed by atoms with Gasteiger partial charge in [0, 0.05) is 73.2 Å². The molecule has 1 amide bonds. The normalized spacial score (nSPS) is 18.0. The number of piperazine rings is 1. The highest BCUT2D eigenvalue weighted by Crippen LogP contribution is 2.35. The summed E-state index contributed by atoms with van der Waals surface area (Å²) in [6.45, 7) is 5.74. The van der Waals surface area contributed by atoms with Crippen LogP contribution in [0.5, 0.6) is 0 Å². The Hall–Kier alpha value is -2.53. The monoisotopic (exact) mass is 488 g/mol. The van der Waals surface area contributed by atoms with Crippen molar-refractivity contribution in [2.45, 2.75) is 26.4 Å². The molecule has 10 heteroatoms. The molecule has 0 aliphatic carbocycles. The first kappa shape index (κ1) is 23.6. The first-order chi connectivity index (χ1) is 15.5. The summed E-state index contributed by atoms with van der Waals surface area (Å²) in [7, 11) is -1.45. The number of anilines is 1. The van der Waals surface area contributed by atoms with Gasteiger partial charge < -0.3 is 9.88 Å². The number of nitrogens with one attached hydrogen (secondary N) is 1. The minimum atomic E-state index is -3.19. The number of rotatable bonds is 5. The molecule has 0 bridgehead atoms. The first-order valence-electron chi connectivity index (χ1n) is 10.7. The first-order valence-corrected chi connectivity index (χ1v) is 13.4. The highest BCUT2D eigenvalue weighted by molar-refractivity contribution is 7.88. The molecule has 3 heterocycles. The zero-order chi connectivity index (χ0) is 23.9. The van der Waals surface area contributed by atoms with E-state index in [0.717, 1.165) is 20.7 Å². The number of amides is 1. The molecule has 0 saturated carbocycles. The predicted molar refractivity (Wildman–Crippen MR) is 133 cm³/mol. The lowest BCUT2D eigenvalue weighted by Crippen LogP contribution is -2.52. The van der Waals surface area contributed by atoms with Crippen LogP contribution in [0.4, 0.5) is 5.69 Å². The molecule has 8 nitrogen and oxygen atoms in total. The van der Waals surface area contributed by atoms with Crippen molar-refractivity contribution in [2.24, 2.45) is 7.05 Å². The van der Waals surface area contributed by atoms with Gasteiger partial charge in [-0.1, -0.05) is 12.1 Å². The summed E-state index contributed by atoms with van der Waals surface area (Å²) >= 11 is 1.59. The lowest BCUT2D eigenvalue weighted by atomic mass is 10.1. The number of carbonyl (C=O) groups excluding carboxylic acids is 1. The zero-order valence-electron chi connectivity index (χ0n) is 19.2. The van der Waals surface area contributed by atoms with E-state index in [9.17, 15) is 18.0 Å². The van der Waals surface area contributed by atoms with Gasteiger partial charge in [-0.15, -0.1) is 11.3 Å². The Morgan fingerprint density at radius 3 is 2.67 bits per heavy atom. The molecule has 1 aliphatic heterocycles. The summed E-state index contributed by atoms with van der Waals surface area (Å²) in [5, 5.41) is 3.48. The maximum atomic E-state index is 12.9. The molecule has 1 fully saturated rings. The van der Waals surface area contributed by atoms with Crippen LogP contribution in [-0.4, -0.2) is 60.0 Å². The molecular formula is C23H28N4O4S2. The number of thiophene rings is 1. The average molecular weight is 489 g/mol. The molecule has 1 aromatic carbocycles. The van der Waals surface area contributed by atoms with Crippen LogP contribution >= 0.6 is 11.3 Å². The molecule has 3 aromatic rings. The van der Waals surface area contributed by atoms with E-state index < -0.39 is 10.0 Å². The van der Waals surface area contributed by atoms with Crippen molar-refractivity contribution >= 4 is 43.0 Å². The molecule has 4 rings (SSSR count). The van der Waals surface area contributed by atoms with Gasteiger partial charge in [0.05, 0.1) is 11.6 Å². The van der Waals surface area contributed by atoms with Crippen molar-refractivity contribution < 1.29 is 13.2 Å². The molecular weight excluding hydrogens is 460 g/mol. The van der Waals surface area contributed by atoms with Gasteiger partial charge in [0.1, 0.15) is 0 Å². The minimum Gasteiger partial charge on any atom is -0.326 e. The lowest BCUT2D eigenvalue weighted by molar-refractivity contribution is -0.114. The van der Waals surface area contributed by atoms with Crippen LogP contribution in [0.2, 0.25) is 0 Å². The van der Waals surface area contributed by atoms with Crippen LogP contribution in [0.1, 0.15) is 18.7 Å². The van der Waals surface area contributed by atoms with E-state index in [0.29, 0.717) is 37.3 Å². The highest BCUT2D eigenvalue weighted by Gasteiger charge is 2.29. The Morgan fingerprint density at radius 2 is 2.00 bits per heavy atom. The zero-order valence-corrected chi connectivity index (χ0v) is 20.8. The Labute approximate surface area is 197 Å². The number of aromatic nitrogens is 1. The van der Waals surface area contributed by atoms with Gasteiger partial charge in [-0.25, -0.2) is 8.42 Å². The maximum Gasteiger partial charge on any atom is 0.259 e. The fourth-order valence-electron chi connectivity index (χ4n) is 4.25. The molecule has 1 atom stereocenters. The van der Waals surface area contributed by atoms with E-state index >= 15 is 0 Å². The lowest BCUT2D eigenvalue weighted by Gasteiger charge is -2.38. The van der Waals surface area contributed by atoms with Gasteiger partial charge in [-0.05, 0) is 30.7 Å². The second kappa shape index (κ2) is 9.02. The minimum absolute atomic E-state index is 0.0517. The molecule has 33 heavy (non-hydrogen) atoms. The summed E-state index contributed by atoms with van der Waals surface area (Å²) in [5.74, 6) is -0.138. The fraction of sp³-hybridized carbons (Fsp3) is 0.391. The van der Waals surface area contributed by atoms with Crippen LogP contribution in [0.25, 0.3) is 21.2 Å². The predicted octanol–water partition coefficient (Wildman–Crippen LogP) is 2.69. The Morgan fingerprint density at radius 1 is 1.24 bits per heavy atom. The molecule has 1 unspecified atom stereocenters. The number of aryl methyl sites for hydroxylation is 1. The molecule has 1 N–H and O–H groups in total. The number of hydrogen-bond acceptors (Lipinski definition) is 6. The quantitative estimate of drug-likeness (QED) is 0.596. The molecule has 0 spiro atoms. The van der Waals surface area contributed by atoms with E-state index in [1.807, 2.05) is 43.5 Å². The van der Waals surface area contributed by atoms with Crippen molar-refractivity contribution in [3.8, 4) is 11.1 Å². The Kier molecular flexibility index (Phi) is 6.45. The van der Waals surface area contributed by atoms with Crippen molar-refractivity contribution in [3.63, 3.8) is 0 Å². The van der Waals surface area contributed by atoms with Crippen molar-refractivity contribution in [1.82, 2.24) is 13.8 Å². The SMILES string of the molecule is CC(=O)Nc1cccc(-c2cn(C)c(=O)c3cc(CN4CCN(S(C)(=O)=O)CC4C)sc23)c1.